The van der Waals surface area contributed by atoms with E-state index in [-0.39, 0.29) is 22.8 Å². The minimum Gasteiger partial charge on any atom is -0.508 e. The Kier molecular flexibility index (Phi) is 4.08. The molecule has 0 aliphatic carbocycles. The normalized spacial score (nSPS) is 11.2. The van der Waals surface area contributed by atoms with E-state index in [0.717, 1.165) is 6.07 Å². The summed E-state index contributed by atoms with van der Waals surface area (Å²) in [5.74, 6) is -0.970. The first kappa shape index (κ1) is 14.4. The van der Waals surface area contributed by atoms with E-state index in [4.69, 9.17) is 0 Å². The van der Waals surface area contributed by atoms with Crippen LogP contribution in [0.4, 0.5) is 0 Å². The monoisotopic (exact) mass is 286 g/mol. The number of hydrogen-bond acceptors (Lipinski definition) is 5. The molecule has 0 saturated heterocycles. The SMILES string of the molecule is C/C(=N\NC(=O)c1cc(O)cc(O)c1)c1ccccc1O. The molecule has 0 fully saturated rings. The Balaban J connectivity index is 2.16. The van der Waals surface area contributed by atoms with Gasteiger partial charge in [-0.15, -0.1) is 0 Å². The first-order chi connectivity index (χ1) is 9.97. The molecule has 0 aromatic heterocycles. The molecule has 21 heavy (non-hydrogen) atoms. The number of carbonyl (C=O) groups excluding carboxylic acids is 1. The average Bonchev–Trinajstić information content (AvgIpc) is 2.43. The zero-order chi connectivity index (χ0) is 15.4. The molecule has 0 radical (unpaired) electrons. The van der Waals surface area contributed by atoms with Crippen LogP contribution in [0, 0.1) is 0 Å². The highest BCUT2D eigenvalue weighted by atomic mass is 16.3. The minimum absolute atomic E-state index is 0.0583. The fraction of sp³-hybridized carbons (Fsp3) is 0.0667. The van der Waals surface area contributed by atoms with Gasteiger partial charge < -0.3 is 15.3 Å². The Labute approximate surface area is 121 Å². The van der Waals surface area contributed by atoms with E-state index in [1.165, 1.54) is 18.2 Å². The van der Waals surface area contributed by atoms with Crippen LogP contribution in [-0.2, 0) is 0 Å². The van der Waals surface area contributed by atoms with Gasteiger partial charge in [0.25, 0.3) is 5.91 Å². The molecule has 0 bridgehead atoms. The van der Waals surface area contributed by atoms with E-state index in [2.05, 4.69) is 10.5 Å². The third-order valence-corrected chi connectivity index (χ3v) is 2.78. The van der Waals surface area contributed by atoms with E-state index < -0.39 is 5.91 Å². The first-order valence-corrected chi connectivity index (χ1v) is 6.13. The molecule has 0 saturated carbocycles. The van der Waals surface area contributed by atoms with Gasteiger partial charge in [0.2, 0.25) is 0 Å². The lowest BCUT2D eigenvalue weighted by atomic mass is 10.1. The number of phenolic OH excluding ortho intramolecular Hbond substituents is 3. The quantitative estimate of drug-likeness (QED) is 0.511. The summed E-state index contributed by atoms with van der Waals surface area (Å²) in [6, 6.07) is 10.1. The van der Waals surface area contributed by atoms with Gasteiger partial charge in [0.05, 0.1) is 5.71 Å². The number of rotatable bonds is 3. The molecule has 2 aromatic carbocycles. The van der Waals surface area contributed by atoms with Crippen LogP contribution in [-0.4, -0.2) is 26.9 Å². The summed E-state index contributed by atoms with van der Waals surface area (Å²) < 4.78 is 0. The molecule has 4 N–H and O–H groups in total. The van der Waals surface area contributed by atoms with Crippen LogP contribution in [0.15, 0.2) is 47.6 Å². The highest BCUT2D eigenvalue weighted by Crippen LogP contribution is 2.20. The molecule has 0 atom stereocenters. The second-order valence-electron chi connectivity index (χ2n) is 4.39. The summed E-state index contributed by atoms with van der Waals surface area (Å²) >= 11 is 0. The van der Waals surface area contributed by atoms with Crippen LogP contribution in [0.3, 0.4) is 0 Å². The molecule has 6 heteroatoms. The minimum atomic E-state index is -0.587. The van der Waals surface area contributed by atoms with Gasteiger partial charge in [-0.25, -0.2) is 5.43 Å². The molecule has 0 unspecified atom stereocenters. The number of benzene rings is 2. The number of hydrazone groups is 1. The van der Waals surface area contributed by atoms with Crippen molar-refractivity contribution in [3.63, 3.8) is 0 Å². The van der Waals surface area contributed by atoms with Gasteiger partial charge >= 0.3 is 0 Å². The van der Waals surface area contributed by atoms with E-state index in [0.29, 0.717) is 11.3 Å². The maximum Gasteiger partial charge on any atom is 0.271 e. The molecular formula is C15H14N2O4. The van der Waals surface area contributed by atoms with Crippen LogP contribution in [0.1, 0.15) is 22.8 Å². The second kappa shape index (κ2) is 5.96. The third kappa shape index (κ3) is 3.50. The molecule has 2 aromatic rings. The number of phenols is 3. The smallest absolute Gasteiger partial charge is 0.271 e. The molecular weight excluding hydrogens is 272 g/mol. The molecule has 0 heterocycles. The van der Waals surface area contributed by atoms with E-state index in [1.54, 1.807) is 25.1 Å². The molecule has 108 valence electrons. The summed E-state index contributed by atoms with van der Waals surface area (Å²) in [7, 11) is 0. The fourth-order valence-corrected chi connectivity index (χ4v) is 1.77. The first-order valence-electron chi connectivity index (χ1n) is 6.13. The molecule has 2 rings (SSSR count). The van der Waals surface area contributed by atoms with Crippen molar-refractivity contribution in [3.8, 4) is 17.2 Å². The number of amides is 1. The van der Waals surface area contributed by atoms with Crippen LogP contribution in [0.25, 0.3) is 0 Å². The maximum atomic E-state index is 11.9. The van der Waals surface area contributed by atoms with Crippen LogP contribution >= 0.6 is 0 Å². The van der Waals surface area contributed by atoms with Gasteiger partial charge in [-0.2, -0.15) is 5.10 Å². The molecule has 0 aliphatic heterocycles. The number of nitrogens with zero attached hydrogens (tertiary/aromatic N) is 1. The van der Waals surface area contributed by atoms with E-state index in [1.807, 2.05) is 0 Å². The van der Waals surface area contributed by atoms with Crippen molar-refractivity contribution in [2.45, 2.75) is 6.92 Å². The average molecular weight is 286 g/mol. The summed E-state index contributed by atoms with van der Waals surface area (Å²) in [6.07, 6.45) is 0. The van der Waals surface area contributed by atoms with Gasteiger partial charge in [-0.3, -0.25) is 4.79 Å². The number of nitrogens with one attached hydrogen (secondary N) is 1. The lowest BCUT2D eigenvalue weighted by molar-refractivity contribution is 0.0954. The Bertz CT molecular complexity index is 690. The van der Waals surface area contributed by atoms with Crippen molar-refractivity contribution in [1.82, 2.24) is 5.43 Å². The van der Waals surface area contributed by atoms with Crippen LogP contribution in [0.5, 0.6) is 17.2 Å². The van der Waals surface area contributed by atoms with Gasteiger partial charge in [0, 0.05) is 17.2 Å². The van der Waals surface area contributed by atoms with Crippen molar-refractivity contribution in [1.29, 1.82) is 0 Å². The predicted octanol–water partition coefficient (Wildman–Crippen LogP) is 1.96. The molecule has 0 aliphatic rings. The van der Waals surface area contributed by atoms with Gasteiger partial charge in [0.15, 0.2) is 0 Å². The maximum absolute atomic E-state index is 11.9. The summed E-state index contributed by atoms with van der Waals surface area (Å²) in [5, 5.41) is 32.2. The van der Waals surface area contributed by atoms with E-state index in [9.17, 15) is 20.1 Å². The summed E-state index contributed by atoms with van der Waals surface area (Å²) in [5.41, 5.74) is 3.28. The van der Waals surface area contributed by atoms with Crippen molar-refractivity contribution >= 4 is 11.6 Å². The lowest BCUT2D eigenvalue weighted by Crippen LogP contribution is -2.19. The largest absolute Gasteiger partial charge is 0.508 e. The molecule has 6 nitrogen and oxygen atoms in total. The van der Waals surface area contributed by atoms with Crippen molar-refractivity contribution < 1.29 is 20.1 Å². The Morgan fingerprint density at radius 2 is 1.67 bits per heavy atom. The van der Waals surface area contributed by atoms with Crippen LogP contribution < -0.4 is 5.43 Å². The summed E-state index contributed by atoms with van der Waals surface area (Å²) in [4.78, 5) is 11.9. The molecule has 0 spiro atoms. The predicted molar refractivity (Wildman–Crippen MR) is 77.6 cm³/mol. The standard InChI is InChI=1S/C15H14N2O4/c1-9(13-4-2-3-5-14(13)20)16-17-15(21)10-6-11(18)8-12(19)7-10/h2-8,18-20H,1H3,(H,17,21)/b16-9+. The van der Waals surface area contributed by atoms with Crippen molar-refractivity contribution in [2.24, 2.45) is 5.10 Å². The Hall–Kier alpha value is -3.02. The highest BCUT2D eigenvalue weighted by Gasteiger charge is 2.09. The Morgan fingerprint density at radius 1 is 1.05 bits per heavy atom. The zero-order valence-electron chi connectivity index (χ0n) is 11.2. The highest BCUT2D eigenvalue weighted by molar-refractivity contribution is 6.02. The number of para-hydroxylation sites is 1. The van der Waals surface area contributed by atoms with Crippen molar-refractivity contribution in [3.05, 3.63) is 53.6 Å². The Morgan fingerprint density at radius 3 is 2.29 bits per heavy atom. The second-order valence-corrected chi connectivity index (χ2v) is 4.39. The van der Waals surface area contributed by atoms with Gasteiger partial charge in [-0.05, 0) is 31.2 Å². The van der Waals surface area contributed by atoms with Crippen molar-refractivity contribution in [2.75, 3.05) is 0 Å². The topological polar surface area (TPSA) is 102 Å². The zero-order valence-corrected chi connectivity index (χ0v) is 11.2. The number of carbonyl (C=O) groups is 1. The third-order valence-electron chi connectivity index (χ3n) is 2.78. The van der Waals surface area contributed by atoms with Gasteiger partial charge in [0.1, 0.15) is 17.2 Å². The van der Waals surface area contributed by atoms with Crippen LogP contribution in [0.2, 0.25) is 0 Å². The fourth-order valence-electron chi connectivity index (χ4n) is 1.77. The lowest BCUT2D eigenvalue weighted by Gasteiger charge is -2.05. The summed E-state index contributed by atoms with van der Waals surface area (Å²) in [6.45, 7) is 1.63. The number of aromatic hydroxyl groups is 3. The van der Waals surface area contributed by atoms with Gasteiger partial charge in [-0.1, -0.05) is 12.1 Å². The van der Waals surface area contributed by atoms with E-state index >= 15 is 0 Å². The molecule has 1 amide bonds. The number of hydrogen-bond donors (Lipinski definition) is 4.